The Hall–Kier alpha value is -1.72. The topological polar surface area (TPSA) is 50.4 Å². The molecule has 0 spiro atoms. The van der Waals surface area contributed by atoms with Gasteiger partial charge in [-0.25, -0.2) is 0 Å². The molecule has 1 amide bonds. The van der Waals surface area contributed by atoms with Gasteiger partial charge in [-0.1, -0.05) is 17.7 Å². The van der Waals surface area contributed by atoms with Crippen molar-refractivity contribution in [1.82, 2.24) is 5.32 Å². The van der Waals surface area contributed by atoms with Crippen LogP contribution < -0.4 is 15.4 Å². The highest BCUT2D eigenvalue weighted by Crippen LogP contribution is 2.28. The Balaban J connectivity index is 1.98. The van der Waals surface area contributed by atoms with Crippen LogP contribution in [0.2, 0.25) is 4.34 Å². The van der Waals surface area contributed by atoms with E-state index in [2.05, 4.69) is 17.6 Å². The highest BCUT2D eigenvalue weighted by Gasteiger charge is 2.08. The number of nitrogens with one attached hydrogen (secondary N) is 2. The predicted molar refractivity (Wildman–Crippen MR) is 87.4 cm³/mol. The summed E-state index contributed by atoms with van der Waals surface area (Å²) >= 11 is 7.47. The van der Waals surface area contributed by atoms with Gasteiger partial charge in [-0.05, 0) is 36.1 Å². The van der Waals surface area contributed by atoms with Crippen LogP contribution in [0.3, 0.4) is 0 Å². The minimum absolute atomic E-state index is 0.00957. The van der Waals surface area contributed by atoms with Crippen LogP contribution in [0.4, 0.5) is 5.69 Å². The molecule has 6 heteroatoms. The Bertz CT molecular complexity index is 615. The van der Waals surface area contributed by atoms with E-state index in [1.807, 2.05) is 35.7 Å². The number of rotatable bonds is 6. The molecule has 0 aliphatic carbocycles. The van der Waals surface area contributed by atoms with Crippen molar-refractivity contribution in [1.29, 1.82) is 0 Å². The molecule has 0 aliphatic rings. The van der Waals surface area contributed by atoms with E-state index in [0.717, 1.165) is 15.6 Å². The fraction of sp³-hybridized carbons (Fsp3) is 0.267. The fourth-order valence-corrected chi connectivity index (χ4v) is 2.77. The van der Waals surface area contributed by atoms with E-state index in [4.69, 9.17) is 16.3 Å². The summed E-state index contributed by atoms with van der Waals surface area (Å²) in [6.45, 7) is 2.08. The molecule has 2 aromatic rings. The van der Waals surface area contributed by atoms with E-state index < -0.39 is 0 Å². The normalized spacial score (nSPS) is 11.8. The van der Waals surface area contributed by atoms with Gasteiger partial charge in [-0.2, -0.15) is 0 Å². The first-order valence-corrected chi connectivity index (χ1v) is 7.78. The van der Waals surface area contributed by atoms with Crippen LogP contribution in [0, 0.1) is 0 Å². The van der Waals surface area contributed by atoms with Crippen LogP contribution in [0.5, 0.6) is 5.75 Å². The van der Waals surface area contributed by atoms with Gasteiger partial charge in [0.2, 0.25) is 0 Å². The summed E-state index contributed by atoms with van der Waals surface area (Å²) < 4.78 is 6.20. The Kier molecular flexibility index (Phi) is 5.47. The number of ether oxygens (including phenoxy) is 1. The molecule has 21 heavy (non-hydrogen) atoms. The van der Waals surface area contributed by atoms with Gasteiger partial charge in [-0.15, -0.1) is 11.3 Å². The molecule has 0 fully saturated rings. The first-order valence-electron chi connectivity index (χ1n) is 6.52. The Morgan fingerprint density at radius 1 is 1.43 bits per heavy atom. The molecule has 0 radical (unpaired) electrons. The van der Waals surface area contributed by atoms with E-state index in [0.29, 0.717) is 5.75 Å². The van der Waals surface area contributed by atoms with Crippen molar-refractivity contribution in [3.63, 3.8) is 0 Å². The van der Waals surface area contributed by atoms with Gasteiger partial charge in [0, 0.05) is 24.8 Å². The smallest absolute Gasteiger partial charge is 0.257 e. The molecule has 1 heterocycles. The van der Waals surface area contributed by atoms with Crippen LogP contribution in [-0.4, -0.2) is 19.6 Å². The van der Waals surface area contributed by atoms with Gasteiger partial charge in [0.05, 0.1) is 4.34 Å². The van der Waals surface area contributed by atoms with Gasteiger partial charge in [-0.3, -0.25) is 4.79 Å². The summed E-state index contributed by atoms with van der Waals surface area (Å²) in [4.78, 5) is 11.2. The van der Waals surface area contributed by atoms with E-state index in [1.165, 1.54) is 11.3 Å². The van der Waals surface area contributed by atoms with Gasteiger partial charge in [0.15, 0.2) is 6.61 Å². The summed E-state index contributed by atoms with van der Waals surface area (Å²) in [6, 6.07) is 9.62. The average Bonchev–Trinajstić information content (AvgIpc) is 2.92. The van der Waals surface area contributed by atoms with E-state index in [-0.39, 0.29) is 18.6 Å². The van der Waals surface area contributed by atoms with Crippen molar-refractivity contribution < 1.29 is 9.53 Å². The lowest BCUT2D eigenvalue weighted by Gasteiger charge is -2.15. The van der Waals surface area contributed by atoms with Crippen molar-refractivity contribution in [3.05, 3.63) is 45.6 Å². The van der Waals surface area contributed by atoms with Crippen LogP contribution in [-0.2, 0) is 4.79 Å². The number of benzene rings is 1. The van der Waals surface area contributed by atoms with Gasteiger partial charge >= 0.3 is 0 Å². The van der Waals surface area contributed by atoms with E-state index in [9.17, 15) is 4.79 Å². The molecule has 0 saturated carbocycles. The first-order chi connectivity index (χ1) is 10.1. The maximum Gasteiger partial charge on any atom is 0.257 e. The molecular weight excluding hydrogens is 308 g/mol. The monoisotopic (exact) mass is 324 g/mol. The van der Waals surface area contributed by atoms with Crippen molar-refractivity contribution in [2.75, 3.05) is 19.0 Å². The van der Waals surface area contributed by atoms with Gasteiger partial charge in [0.1, 0.15) is 5.75 Å². The van der Waals surface area contributed by atoms with Crippen LogP contribution in [0.25, 0.3) is 0 Å². The summed E-state index contributed by atoms with van der Waals surface area (Å²) in [5.74, 6) is 0.494. The van der Waals surface area contributed by atoms with Crippen LogP contribution in [0.1, 0.15) is 18.5 Å². The number of hydrogen-bond donors (Lipinski definition) is 2. The highest BCUT2D eigenvalue weighted by atomic mass is 35.5. The van der Waals surface area contributed by atoms with E-state index >= 15 is 0 Å². The Labute approximate surface area is 133 Å². The Morgan fingerprint density at radius 3 is 2.90 bits per heavy atom. The lowest BCUT2D eigenvalue weighted by atomic mass is 10.1. The number of carbonyl (C=O) groups is 1. The lowest BCUT2D eigenvalue weighted by Crippen LogP contribution is -2.24. The fourth-order valence-electron chi connectivity index (χ4n) is 1.78. The zero-order valence-corrected chi connectivity index (χ0v) is 13.4. The second-order valence-electron chi connectivity index (χ2n) is 4.54. The summed E-state index contributed by atoms with van der Waals surface area (Å²) in [6.07, 6.45) is 0. The number of halogens is 1. The first kappa shape index (κ1) is 15.7. The van der Waals surface area contributed by atoms with Crippen molar-refractivity contribution in [3.8, 4) is 5.75 Å². The molecule has 2 rings (SSSR count). The maximum atomic E-state index is 11.2. The van der Waals surface area contributed by atoms with Crippen molar-refractivity contribution >= 4 is 34.5 Å². The Morgan fingerprint density at radius 2 is 2.24 bits per heavy atom. The third-order valence-electron chi connectivity index (χ3n) is 2.95. The quantitative estimate of drug-likeness (QED) is 0.852. The molecule has 4 nitrogen and oxygen atoms in total. The third kappa shape index (κ3) is 4.65. The van der Waals surface area contributed by atoms with Crippen LogP contribution >= 0.6 is 22.9 Å². The van der Waals surface area contributed by atoms with Crippen LogP contribution in [0.15, 0.2) is 35.7 Å². The third-order valence-corrected chi connectivity index (χ3v) is 4.06. The molecule has 0 saturated heterocycles. The van der Waals surface area contributed by atoms with E-state index in [1.54, 1.807) is 7.05 Å². The number of likely N-dealkylation sites (N-methyl/N-ethyl adjacent to an activating group) is 1. The molecule has 1 unspecified atom stereocenters. The maximum absolute atomic E-state index is 11.2. The molecule has 1 aromatic heterocycles. The number of anilines is 1. The zero-order chi connectivity index (χ0) is 15.2. The number of thiophene rings is 1. The largest absolute Gasteiger partial charge is 0.484 e. The molecule has 0 aliphatic heterocycles. The molecule has 1 aromatic carbocycles. The van der Waals surface area contributed by atoms with Gasteiger partial charge in [0.25, 0.3) is 5.91 Å². The molecule has 1 atom stereocenters. The highest BCUT2D eigenvalue weighted by molar-refractivity contribution is 7.14. The SMILES string of the molecule is CNC(=O)COc1cccc(NC(C)c2csc(Cl)c2)c1. The van der Waals surface area contributed by atoms with Gasteiger partial charge < -0.3 is 15.4 Å². The number of amides is 1. The molecular formula is C15H17ClN2O2S. The number of hydrogen-bond acceptors (Lipinski definition) is 4. The minimum Gasteiger partial charge on any atom is -0.484 e. The second kappa shape index (κ2) is 7.33. The van der Waals surface area contributed by atoms with Crippen molar-refractivity contribution in [2.45, 2.75) is 13.0 Å². The predicted octanol–water partition coefficient (Wildman–Crippen LogP) is 3.70. The molecule has 2 N–H and O–H groups in total. The average molecular weight is 325 g/mol. The standard InChI is InChI=1S/C15H17ClN2O2S/c1-10(11-6-14(16)21-9-11)18-12-4-3-5-13(7-12)20-8-15(19)17-2/h3-7,9-10,18H,8H2,1-2H3,(H,17,19). The molecule has 112 valence electrons. The second-order valence-corrected chi connectivity index (χ2v) is 6.08. The number of carbonyl (C=O) groups excluding carboxylic acids is 1. The molecule has 0 bridgehead atoms. The van der Waals surface area contributed by atoms with Crippen molar-refractivity contribution in [2.24, 2.45) is 0 Å². The minimum atomic E-state index is -0.158. The zero-order valence-electron chi connectivity index (χ0n) is 11.9. The lowest BCUT2D eigenvalue weighted by molar-refractivity contribution is -0.122. The summed E-state index contributed by atoms with van der Waals surface area (Å²) in [5, 5.41) is 7.93. The summed E-state index contributed by atoms with van der Waals surface area (Å²) in [5.41, 5.74) is 2.07. The summed E-state index contributed by atoms with van der Waals surface area (Å²) in [7, 11) is 1.58.